The van der Waals surface area contributed by atoms with E-state index < -0.39 is 44.7 Å². The number of hydrogen-bond donors (Lipinski definition) is 1. The summed E-state index contributed by atoms with van der Waals surface area (Å²) >= 11 is 0. The third-order valence-corrected chi connectivity index (χ3v) is 3.04. The van der Waals surface area contributed by atoms with Gasteiger partial charge in [0, 0.05) is 0 Å². The zero-order valence-corrected chi connectivity index (χ0v) is 11.8. The van der Waals surface area contributed by atoms with Crippen molar-refractivity contribution in [3.8, 4) is 5.75 Å². The van der Waals surface area contributed by atoms with Crippen LogP contribution in [0.3, 0.4) is 0 Å². The van der Waals surface area contributed by atoms with Crippen LogP contribution in [0.4, 0.5) is 13.2 Å². The number of esters is 1. The lowest BCUT2D eigenvalue weighted by molar-refractivity contribution is -0.275. The molecule has 0 unspecified atom stereocenters. The number of ether oxygens (including phenoxy) is 2. The van der Waals surface area contributed by atoms with Gasteiger partial charge in [-0.25, -0.2) is 18.4 Å². The second-order valence-electron chi connectivity index (χ2n) is 4.18. The minimum absolute atomic E-state index is 0.599. The third kappa shape index (κ3) is 4.90. The van der Waals surface area contributed by atoms with Gasteiger partial charge in [0.2, 0.25) is 10.0 Å². The van der Waals surface area contributed by atoms with E-state index in [4.69, 9.17) is 9.88 Å². The summed E-state index contributed by atoms with van der Waals surface area (Å²) < 4.78 is 68.1. The number of benzene rings is 1. The summed E-state index contributed by atoms with van der Waals surface area (Å²) in [6.45, 7) is 2.98. The number of halogens is 3. The van der Waals surface area contributed by atoms with Crippen molar-refractivity contribution in [3.63, 3.8) is 0 Å². The molecule has 0 spiro atoms. The molecule has 2 N–H and O–H groups in total. The van der Waals surface area contributed by atoms with Gasteiger partial charge >= 0.3 is 12.3 Å². The first-order chi connectivity index (χ1) is 9.42. The summed E-state index contributed by atoms with van der Waals surface area (Å²) in [4.78, 5) is 10.7. The molecule has 0 bridgehead atoms. The average molecular weight is 327 g/mol. The van der Waals surface area contributed by atoms with Crippen LogP contribution >= 0.6 is 0 Å². The molecule has 0 aromatic heterocycles. The van der Waals surface area contributed by atoms with Crippen molar-refractivity contribution < 1.29 is 35.9 Å². The first-order valence-electron chi connectivity index (χ1n) is 5.54. The molecule has 0 atom stereocenters. The molecule has 10 heteroatoms. The lowest BCUT2D eigenvalue weighted by Gasteiger charge is -2.15. The van der Waals surface area contributed by atoms with E-state index >= 15 is 0 Å². The van der Waals surface area contributed by atoms with Gasteiger partial charge in [-0.05, 0) is 26.0 Å². The van der Waals surface area contributed by atoms with Gasteiger partial charge in [0.15, 0.2) is 0 Å². The van der Waals surface area contributed by atoms with Crippen molar-refractivity contribution in [1.29, 1.82) is 0 Å². The number of carbonyl (C=O) groups excluding carboxylic acids is 1. The Balaban J connectivity index is 3.46. The van der Waals surface area contributed by atoms with E-state index in [1.807, 2.05) is 0 Å². The number of rotatable bonds is 4. The van der Waals surface area contributed by atoms with Crippen LogP contribution in [0, 0.1) is 0 Å². The van der Waals surface area contributed by atoms with Gasteiger partial charge in [0.05, 0.1) is 11.7 Å². The predicted octanol–water partition coefficient (Wildman–Crippen LogP) is 1.80. The maximum absolute atomic E-state index is 12.3. The number of primary sulfonamides is 1. The average Bonchev–Trinajstić information content (AvgIpc) is 2.23. The summed E-state index contributed by atoms with van der Waals surface area (Å²) in [6, 6.07) is 2.74. The van der Waals surface area contributed by atoms with Gasteiger partial charge < -0.3 is 9.47 Å². The molecular weight excluding hydrogens is 315 g/mol. The smallest absolute Gasteiger partial charge is 0.459 e. The molecule has 6 nitrogen and oxygen atoms in total. The standard InChI is InChI=1S/C11H12F3NO5S/c1-6(2)19-10(16)7-4-3-5-8(20-11(12,13)14)9(7)21(15,17)18/h3-6H,1-2H3,(H2,15,17,18). The predicted molar refractivity (Wildman–Crippen MR) is 65.0 cm³/mol. The largest absolute Gasteiger partial charge is 0.573 e. The van der Waals surface area contributed by atoms with Crippen molar-refractivity contribution in [2.75, 3.05) is 0 Å². The monoisotopic (exact) mass is 327 g/mol. The van der Waals surface area contributed by atoms with Gasteiger partial charge in [-0.15, -0.1) is 13.2 Å². The number of sulfonamides is 1. The van der Waals surface area contributed by atoms with Gasteiger partial charge in [-0.2, -0.15) is 0 Å². The van der Waals surface area contributed by atoms with Crippen molar-refractivity contribution in [3.05, 3.63) is 23.8 Å². The van der Waals surface area contributed by atoms with E-state index in [0.29, 0.717) is 0 Å². The highest BCUT2D eigenvalue weighted by Crippen LogP contribution is 2.31. The van der Waals surface area contributed by atoms with Crippen molar-refractivity contribution >= 4 is 16.0 Å². The third-order valence-electron chi connectivity index (χ3n) is 2.05. The molecule has 118 valence electrons. The van der Waals surface area contributed by atoms with Gasteiger partial charge in [-0.1, -0.05) is 6.07 Å². The molecule has 0 aliphatic heterocycles. The molecule has 1 aromatic carbocycles. The van der Waals surface area contributed by atoms with Crippen LogP contribution in [0.1, 0.15) is 24.2 Å². The van der Waals surface area contributed by atoms with Crippen LogP contribution in [0.2, 0.25) is 0 Å². The highest BCUT2D eigenvalue weighted by molar-refractivity contribution is 7.89. The van der Waals surface area contributed by atoms with Crippen LogP contribution in [0.15, 0.2) is 23.1 Å². The SMILES string of the molecule is CC(C)OC(=O)c1cccc(OC(F)(F)F)c1S(N)(=O)=O. The lowest BCUT2D eigenvalue weighted by atomic mass is 10.2. The summed E-state index contributed by atoms with van der Waals surface area (Å²) in [6.07, 6.45) is -5.74. The zero-order chi connectivity index (χ0) is 16.4. The Morgan fingerprint density at radius 1 is 1.29 bits per heavy atom. The summed E-state index contributed by atoms with van der Waals surface area (Å²) in [5, 5.41) is 4.86. The van der Waals surface area contributed by atoms with E-state index in [0.717, 1.165) is 18.2 Å². The summed E-state index contributed by atoms with van der Waals surface area (Å²) in [5.74, 6) is -2.22. The second-order valence-corrected chi connectivity index (χ2v) is 5.68. The number of alkyl halides is 3. The molecule has 0 aliphatic carbocycles. The van der Waals surface area contributed by atoms with Crippen LogP contribution in [-0.2, 0) is 14.8 Å². The molecule has 1 aromatic rings. The van der Waals surface area contributed by atoms with Crippen LogP contribution in [0.5, 0.6) is 5.75 Å². The fourth-order valence-corrected chi connectivity index (χ4v) is 2.30. The van der Waals surface area contributed by atoms with Crippen molar-refractivity contribution in [1.82, 2.24) is 0 Å². The Morgan fingerprint density at radius 3 is 2.29 bits per heavy atom. The molecule has 1 rings (SSSR count). The normalized spacial score (nSPS) is 12.3. The van der Waals surface area contributed by atoms with Crippen LogP contribution in [0.25, 0.3) is 0 Å². The van der Waals surface area contributed by atoms with Crippen LogP contribution in [-0.4, -0.2) is 26.9 Å². The lowest BCUT2D eigenvalue weighted by Crippen LogP contribution is -2.24. The highest BCUT2D eigenvalue weighted by atomic mass is 32.2. The fourth-order valence-electron chi connectivity index (χ4n) is 1.45. The topological polar surface area (TPSA) is 95.7 Å². The first kappa shape index (κ1) is 17.2. The van der Waals surface area contributed by atoms with E-state index in [9.17, 15) is 26.4 Å². The molecule has 0 amide bonds. The molecular formula is C11H12F3NO5S. The highest BCUT2D eigenvalue weighted by Gasteiger charge is 2.35. The Bertz CT molecular complexity index is 640. The molecule has 0 radical (unpaired) electrons. The fraction of sp³-hybridized carbons (Fsp3) is 0.364. The minimum atomic E-state index is -5.14. The van der Waals surface area contributed by atoms with Crippen LogP contribution < -0.4 is 9.88 Å². The molecule has 0 saturated heterocycles. The number of nitrogens with two attached hydrogens (primary N) is 1. The van der Waals surface area contributed by atoms with E-state index in [-0.39, 0.29) is 0 Å². The number of carbonyl (C=O) groups is 1. The molecule has 21 heavy (non-hydrogen) atoms. The Hall–Kier alpha value is -1.81. The first-order valence-corrected chi connectivity index (χ1v) is 7.09. The van der Waals surface area contributed by atoms with E-state index in [2.05, 4.69) is 4.74 Å². The minimum Gasteiger partial charge on any atom is -0.459 e. The van der Waals surface area contributed by atoms with Gasteiger partial charge in [-0.3, -0.25) is 0 Å². The maximum atomic E-state index is 12.3. The Kier molecular flexibility index (Phi) is 4.84. The van der Waals surface area contributed by atoms with Gasteiger partial charge in [0.1, 0.15) is 10.6 Å². The summed E-state index contributed by atoms with van der Waals surface area (Å²) in [5.41, 5.74) is -0.632. The molecule has 0 saturated carbocycles. The van der Waals surface area contributed by atoms with Gasteiger partial charge in [0.25, 0.3) is 0 Å². The number of hydrogen-bond acceptors (Lipinski definition) is 5. The van der Waals surface area contributed by atoms with E-state index in [1.54, 1.807) is 0 Å². The maximum Gasteiger partial charge on any atom is 0.573 e. The van der Waals surface area contributed by atoms with Crippen molar-refractivity contribution in [2.24, 2.45) is 5.14 Å². The molecule has 0 fully saturated rings. The Morgan fingerprint density at radius 2 is 1.86 bits per heavy atom. The van der Waals surface area contributed by atoms with Crippen molar-refractivity contribution in [2.45, 2.75) is 31.2 Å². The zero-order valence-electron chi connectivity index (χ0n) is 11.0. The van der Waals surface area contributed by atoms with E-state index in [1.165, 1.54) is 13.8 Å². The second kappa shape index (κ2) is 5.90. The quantitative estimate of drug-likeness (QED) is 0.851. The molecule has 0 heterocycles. The molecule has 0 aliphatic rings. The Labute approximate surface area is 118 Å². The summed E-state index contributed by atoms with van der Waals surface area (Å²) in [7, 11) is -4.64.